The Hall–Kier alpha value is -0.840. The molecule has 1 unspecified atom stereocenters. The van der Waals surface area contributed by atoms with Gasteiger partial charge in [-0.3, -0.25) is 0 Å². The average Bonchev–Trinajstić information content (AvgIpc) is 2.88. The predicted molar refractivity (Wildman–Crippen MR) is 77.6 cm³/mol. The van der Waals surface area contributed by atoms with E-state index in [0.29, 0.717) is 0 Å². The second-order valence-electron chi connectivity index (χ2n) is 4.05. The second-order valence-corrected chi connectivity index (χ2v) is 5.34. The lowest BCUT2D eigenvalue weighted by Crippen LogP contribution is -2.21. The third-order valence-corrected chi connectivity index (χ3v) is 3.81. The number of nitrogens with zero attached hydrogens (tertiary/aromatic N) is 1. The highest BCUT2D eigenvalue weighted by molar-refractivity contribution is 9.10. The van der Waals surface area contributed by atoms with E-state index in [4.69, 9.17) is 11.6 Å². The molecule has 3 nitrogen and oxygen atoms in total. The number of H-pyrrole nitrogens is 1. The van der Waals surface area contributed by atoms with Gasteiger partial charge >= 0.3 is 0 Å². The van der Waals surface area contributed by atoms with Crippen molar-refractivity contribution in [1.82, 2.24) is 15.3 Å². The van der Waals surface area contributed by atoms with Gasteiger partial charge in [0.05, 0.1) is 6.04 Å². The van der Waals surface area contributed by atoms with Crippen LogP contribution in [-0.4, -0.2) is 9.97 Å². The summed E-state index contributed by atoms with van der Waals surface area (Å²) >= 11 is 9.53. The Bertz CT molecular complexity index is 499. The Morgan fingerprint density at radius 2 is 2.33 bits per heavy atom. The van der Waals surface area contributed by atoms with E-state index in [0.717, 1.165) is 33.8 Å². The number of imidazole rings is 1. The minimum Gasteiger partial charge on any atom is -0.347 e. The van der Waals surface area contributed by atoms with Gasteiger partial charge < -0.3 is 10.3 Å². The molecule has 2 aromatic rings. The molecule has 0 aliphatic rings. The number of hydrogen-bond donors (Lipinski definition) is 2. The maximum atomic E-state index is 6.00. The van der Waals surface area contributed by atoms with Crippen LogP contribution in [0, 0.1) is 0 Å². The Labute approximate surface area is 120 Å². The molecule has 1 atom stereocenters. The summed E-state index contributed by atoms with van der Waals surface area (Å²) in [4.78, 5) is 7.42. The summed E-state index contributed by atoms with van der Waals surface area (Å²) in [5.74, 6) is 0.968. The normalized spacial score (nSPS) is 12.6. The number of rotatable bonds is 5. The Morgan fingerprint density at radius 3 is 3.00 bits per heavy atom. The average molecular weight is 329 g/mol. The molecule has 0 saturated heterocycles. The number of benzene rings is 1. The summed E-state index contributed by atoms with van der Waals surface area (Å²) in [7, 11) is 0. The highest BCUT2D eigenvalue weighted by Crippen LogP contribution is 2.22. The highest BCUT2D eigenvalue weighted by Gasteiger charge is 2.11. The molecular weight excluding hydrogens is 314 g/mol. The van der Waals surface area contributed by atoms with Gasteiger partial charge in [0.1, 0.15) is 5.82 Å². The SMILES string of the molecule is CCC(NCc1cc(Cl)ccc1Br)c1ncc[nH]1. The molecule has 96 valence electrons. The summed E-state index contributed by atoms with van der Waals surface area (Å²) in [5.41, 5.74) is 1.15. The maximum Gasteiger partial charge on any atom is 0.123 e. The van der Waals surface area contributed by atoms with Gasteiger partial charge in [0.15, 0.2) is 0 Å². The molecule has 0 spiro atoms. The maximum absolute atomic E-state index is 6.00. The molecule has 0 bridgehead atoms. The zero-order valence-corrected chi connectivity index (χ0v) is 12.4. The Kier molecular flexibility index (Phi) is 4.80. The summed E-state index contributed by atoms with van der Waals surface area (Å²) in [6.07, 6.45) is 4.59. The predicted octanol–water partition coefficient (Wildman–Crippen LogP) is 4.07. The molecule has 18 heavy (non-hydrogen) atoms. The van der Waals surface area contributed by atoms with Crippen LogP contribution in [-0.2, 0) is 6.54 Å². The summed E-state index contributed by atoms with van der Waals surface area (Å²) in [6, 6.07) is 6.03. The van der Waals surface area contributed by atoms with Crippen molar-refractivity contribution in [3.63, 3.8) is 0 Å². The van der Waals surface area contributed by atoms with Crippen molar-refractivity contribution in [2.24, 2.45) is 0 Å². The lowest BCUT2D eigenvalue weighted by molar-refractivity contribution is 0.497. The van der Waals surface area contributed by atoms with Crippen LogP contribution in [0.2, 0.25) is 5.02 Å². The summed E-state index contributed by atoms with van der Waals surface area (Å²) in [5, 5.41) is 4.22. The second kappa shape index (κ2) is 6.36. The van der Waals surface area contributed by atoms with Crippen LogP contribution >= 0.6 is 27.5 Å². The molecule has 2 N–H and O–H groups in total. The van der Waals surface area contributed by atoms with Crippen molar-refractivity contribution in [3.05, 3.63) is 51.5 Å². The van der Waals surface area contributed by atoms with Gasteiger partial charge in [-0.15, -0.1) is 0 Å². The smallest absolute Gasteiger partial charge is 0.123 e. The third-order valence-electron chi connectivity index (χ3n) is 2.80. The first-order chi connectivity index (χ1) is 8.70. The monoisotopic (exact) mass is 327 g/mol. The van der Waals surface area contributed by atoms with Crippen LogP contribution in [0.25, 0.3) is 0 Å². The first kappa shape index (κ1) is 13.6. The highest BCUT2D eigenvalue weighted by atomic mass is 79.9. The standard InChI is InChI=1S/C13H15BrClN3/c1-2-12(13-16-5-6-17-13)18-8-9-7-10(15)3-4-11(9)14/h3-7,12,18H,2,8H2,1H3,(H,16,17). The van der Waals surface area contributed by atoms with Crippen LogP contribution in [0.5, 0.6) is 0 Å². The fraction of sp³-hybridized carbons (Fsp3) is 0.308. The van der Waals surface area contributed by atoms with E-state index in [1.54, 1.807) is 6.20 Å². The molecule has 1 heterocycles. The van der Waals surface area contributed by atoms with Gasteiger partial charge in [-0.25, -0.2) is 4.98 Å². The molecule has 0 amide bonds. The molecule has 0 saturated carbocycles. The molecule has 2 rings (SSSR count). The molecule has 0 radical (unpaired) electrons. The zero-order chi connectivity index (χ0) is 13.0. The molecule has 0 aliphatic carbocycles. The molecule has 1 aromatic heterocycles. The van der Waals surface area contributed by atoms with Crippen LogP contribution in [0.4, 0.5) is 0 Å². The summed E-state index contributed by atoms with van der Waals surface area (Å²) in [6.45, 7) is 2.88. The van der Waals surface area contributed by atoms with Crippen LogP contribution in [0.15, 0.2) is 35.1 Å². The van der Waals surface area contributed by atoms with Gasteiger partial charge in [0.2, 0.25) is 0 Å². The Morgan fingerprint density at radius 1 is 1.50 bits per heavy atom. The molecule has 5 heteroatoms. The number of aromatic amines is 1. The number of nitrogens with one attached hydrogen (secondary N) is 2. The van der Waals surface area contributed by atoms with Crippen molar-refractivity contribution in [2.75, 3.05) is 0 Å². The van der Waals surface area contributed by atoms with Crippen molar-refractivity contribution in [3.8, 4) is 0 Å². The van der Waals surface area contributed by atoms with E-state index in [-0.39, 0.29) is 6.04 Å². The van der Waals surface area contributed by atoms with E-state index >= 15 is 0 Å². The fourth-order valence-corrected chi connectivity index (χ4v) is 2.40. The van der Waals surface area contributed by atoms with Crippen molar-refractivity contribution in [2.45, 2.75) is 25.9 Å². The van der Waals surface area contributed by atoms with Gasteiger partial charge in [-0.05, 0) is 30.2 Å². The first-order valence-corrected chi connectivity index (χ1v) is 7.04. The van der Waals surface area contributed by atoms with Gasteiger partial charge in [0, 0.05) is 28.4 Å². The van der Waals surface area contributed by atoms with E-state index in [9.17, 15) is 0 Å². The van der Waals surface area contributed by atoms with Crippen molar-refractivity contribution < 1.29 is 0 Å². The third kappa shape index (κ3) is 3.34. The molecule has 0 fully saturated rings. The number of aromatic nitrogens is 2. The quantitative estimate of drug-likeness (QED) is 0.868. The molecule has 1 aromatic carbocycles. The largest absolute Gasteiger partial charge is 0.347 e. The van der Waals surface area contributed by atoms with E-state index in [1.807, 2.05) is 24.4 Å². The van der Waals surface area contributed by atoms with E-state index in [1.165, 1.54) is 0 Å². The lowest BCUT2D eigenvalue weighted by Gasteiger charge is -2.15. The van der Waals surface area contributed by atoms with Crippen LogP contribution in [0.1, 0.15) is 30.8 Å². The Balaban J connectivity index is 2.04. The van der Waals surface area contributed by atoms with Gasteiger partial charge in [-0.1, -0.05) is 34.5 Å². The minimum atomic E-state index is 0.228. The first-order valence-electron chi connectivity index (χ1n) is 5.87. The lowest BCUT2D eigenvalue weighted by atomic mass is 10.1. The van der Waals surface area contributed by atoms with Crippen LogP contribution < -0.4 is 5.32 Å². The van der Waals surface area contributed by atoms with E-state index < -0.39 is 0 Å². The zero-order valence-electron chi connectivity index (χ0n) is 10.1. The van der Waals surface area contributed by atoms with Crippen molar-refractivity contribution in [1.29, 1.82) is 0 Å². The molecule has 0 aliphatic heterocycles. The van der Waals surface area contributed by atoms with Gasteiger partial charge in [0.25, 0.3) is 0 Å². The fourth-order valence-electron chi connectivity index (χ4n) is 1.81. The topological polar surface area (TPSA) is 40.7 Å². The van der Waals surface area contributed by atoms with Crippen LogP contribution in [0.3, 0.4) is 0 Å². The van der Waals surface area contributed by atoms with Crippen molar-refractivity contribution >= 4 is 27.5 Å². The van der Waals surface area contributed by atoms with Gasteiger partial charge in [-0.2, -0.15) is 0 Å². The number of hydrogen-bond acceptors (Lipinski definition) is 2. The minimum absolute atomic E-state index is 0.228. The molecular formula is C13H15BrClN3. The number of halogens is 2. The van der Waals surface area contributed by atoms with E-state index in [2.05, 4.69) is 38.1 Å². The summed E-state index contributed by atoms with van der Waals surface area (Å²) < 4.78 is 1.06.